The van der Waals surface area contributed by atoms with E-state index in [2.05, 4.69) is 15.9 Å². The minimum absolute atomic E-state index is 0.0144. The Morgan fingerprint density at radius 3 is 1.89 bits per heavy atom. The van der Waals surface area contributed by atoms with Crippen molar-refractivity contribution in [3.05, 3.63) is 145 Å². The molecule has 0 radical (unpaired) electrons. The van der Waals surface area contributed by atoms with Gasteiger partial charge in [-0.2, -0.15) is 0 Å². The number of Topliss-reactive ketones (excluding diaryl/α,β-unsaturated/α-hetero) is 1. The largest absolute Gasteiger partial charge is 0.421 e. The molecule has 0 unspecified atom stereocenters. The molecule has 4 aromatic rings. The molecule has 4 aromatic carbocycles. The molecule has 0 heterocycles. The minimum Gasteiger partial charge on any atom is -0.421 e. The minimum atomic E-state index is -0.664. The zero-order chi connectivity index (χ0) is 25.5. The second-order valence-corrected chi connectivity index (χ2v) is 9.41. The Kier molecular flexibility index (Phi) is 8.10. The van der Waals surface area contributed by atoms with Crippen LogP contribution in [0.5, 0.6) is 0 Å². The number of allylic oxidation sites excluding steroid dienone is 1. The third-order valence-electron chi connectivity index (χ3n) is 5.03. The van der Waals surface area contributed by atoms with Crippen molar-refractivity contribution in [2.75, 3.05) is 0 Å². The molecular weight excluding hydrogens is 542 g/mol. The van der Waals surface area contributed by atoms with Gasteiger partial charge in [0.25, 0.3) is 5.69 Å². The van der Waals surface area contributed by atoms with Crippen molar-refractivity contribution >= 4 is 50.9 Å². The van der Waals surface area contributed by atoms with Gasteiger partial charge in [0.2, 0.25) is 5.78 Å². The molecule has 0 bridgehead atoms. The molecule has 0 saturated heterocycles. The zero-order valence-electron chi connectivity index (χ0n) is 18.7. The highest BCUT2D eigenvalue weighted by molar-refractivity contribution is 9.10. The number of hydrogen-bond acceptors (Lipinski definition) is 6. The highest BCUT2D eigenvalue weighted by Crippen LogP contribution is 2.40. The molecule has 36 heavy (non-hydrogen) atoms. The summed E-state index contributed by atoms with van der Waals surface area (Å²) in [5, 5.41) is 11.7. The number of thioether (sulfide) groups is 1. The van der Waals surface area contributed by atoms with E-state index >= 15 is 0 Å². The molecule has 0 amide bonds. The second-order valence-electron chi connectivity index (χ2n) is 7.44. The number of ether oxygens (including phenoxy) is 1. The Morgan fingerprint density at radius 1 is 0.722 bits per heavy atom. The van der Waals surface area contributed by atoms with Gasteiger partial charge in [0.05, 0.1) is 15.4 Å². The lowest BCUT2D eigenvalue weighted by atomic mass is 10.1. The van der Waals surface area contributed by atoms with E-state index in [1.54, 1.807) is 103 Å². The van der Waals surface area contributed by atoms with Gasteiger partial charge < -0.3 is 4.74 Å². The van der Waals surface area contributed by atoms with Crippen molar-refractivity contribution < 1.29 is 19.2 Å². The maximum absolute atomic E-state index is 13.8. The average Bonchev–Trinajstić information content (AvgIpc) is 2.91. The number of carbonyl (C=O) groups excluding carboxylic acids is 2. The predicted octanol–water partition coefficient (Wildman–Crippen LogP) is 7.56. The standard InChI is InChI=1S/C28H18BrNO5S/c29-22-17-15-21(16-18-22)28(32)35-26(20-11-5-2-6-12-20)27(25(31)19-9-3-1-4-10-19)36-24-14-8-7-13-23(24)30(33)34/h1-18H. The van der Waals surface area contributed by atoms with Gasteiger partial charge in [0, 0.05) is 21.7 Å². The third-order valence-corrected chi connectivity index (χ3v) is 6.70. The normalized spacial score (nSPS) is 11.4. The van der Waals surface area contributed by atoms with Gasteiger partial charge >= 0.3 is 5.97 Å². The Hall–Kier alpha value is -4.01. The highest BCUT2D eigenvalue weighted by atomic mass is 79.9. The summed E-state index contributed by atoms with van der Waals surface area (Å²) < 4.78 is 6.65. The van der Waals surface area contributed by atoms with Crippen molar-refractivity contribution in [3.8, 4) is 0 Å². The molecule has 0 spiro atoms. The van der Waals surface area contributed by atoms with Crippen LogP contribution in [0.1, 0.15) is 26.3 Å². The SMILES string of the molecule is O=C(OC(=C(Sc1ccccc1[N+](=O)[O-])C(=O)c1ccccc1)c1ccccc1)c1ccc(Br)cc1. The summed E-state index contributed by atoms with van der Waals surface area (Å²) >= 11 is 4.23. The van der Waals surface area contributed by atoms with E-state index in [-0.39, 0.29) is 26.8 Å². The monoisotopic (exact) mass is 559 g/mol. The highest BCUT2D eigenvalue weighted by Gasteiger charge is 2.26. The van der Waals surface area contributed by atoms with E-state index in [1.165, 1.54) is 6.07 Å². The summed E-state index contributed by atoms with van der Waals surface area (Å²) in [5.74, 6) is -1.08. The lowest BCUT2D eigenvalue weighted by Crippen LogP contribution is -2.11. The van der Waals surface area contributed by atoms with Gasteiger partial charge in [0.1, 0.15) is 4.91 Å². The molecule has 0 aromatic heterocycles. The van der Waals surface area contributed by atoms with Crippen LogP contribution >= 0.6 is 27.7 Å². The summed E-state index contributed by atoms with van der Waals surface area (Å²) in [6.07, 6.45) is 0. The Bertz CT molecular complexity index is 1440. The van der Waals surface area contributed by atoms with Crippen molar-refractivity contribution in [3.63, 3.8) is 0 Å². The molecule has 0 atom stereocenters. The summed E-state index contributed by atoms with van der Waals surface area (Å²) in [7, 11) is 0. The van der Waals surface area contributed by atoms with Gasteiger partial charge in [-0.25, -0.2) is 4.79 Å². The predicted molar refractivity (Wildman–Crippen MR) is 143 cm³/mol. The fourth-order valence-electron chi connectivity index (χ4n) is 3.28. The molecule has 0 aliphatic heterocycles. The van der Waals surface area contributed by atoms with Gasteiger partial charge in [-0.05, 0) is 30.3 Å². The number of esters is 1. The molecule has 8 heteroatoms. The van der Waals surface area contributed by atoms with Crippen LogP contribution < -0.4 is 0 Å². The van der Waals surface area contributed by atoms with Crippen molar-refractivity contribution in [1.82, 2.24) is 0 Å². The zero-order valence-corrected chi connectivity index (χ0v) is 21.1. The Balaban J connectivity index is 1.90. The third kappa shape index (κ3) is 5.97. The molecule has 0 N–H and O–H groups in total. The topological polar surface area (TPSA) is 86.5 Å². The smallest absolute Gasteiger partial charge is 0.343 e. The van der Waals surface area contributed by atoms with Gasteiger partial charge in [0.15, 0.2) is 5.76 Å². The molecule has 0 aliphatic rings. The number of rotatable bonds is 8. The number of benzene rings is 4. The van der Waals surface area contributed by atoms with Crippen LogP contribution in [-0.2, 0) is 4.74 Å². The first-order chi connectivity index (χ1) is 17.4. The summed E-state index contributed by atoms with van der Waals surface area (Å²) in [4.78, 5) is 38.4. The van der Waals surface area contributed by atoms with Gasteiger partial charge in [-0.3, -0.25) is 14.9 Å². The average molecular weight is 560 g/mol. The fourth-order valence-corrected chi connectivity index (χ4v) is 4.62. The van der Waals surface area contributed by atoms with E-state index in [9.17, 15) is 19.7 Å². The number of carbonyl (C=O) groups is 2. The number of halogens is 1. The number of nitro groups is 1. The summed E-state index contributed by atoms with van der Waals surface area (Å²) in [6.45, 7) is 0. The maximum Gasteiger partial charge on any atom is 0.343 e. The van der Waals surface area contributed by atoms with Crippen LogP contribution in [-0.4, -0.2) is 16.7 Å². The van der Waals surface area contributed by atoms with Crippen LogP contribution in [0.25, 0.3) is 5.76 Å². The summed E-state index contributed by atoms with van der Waals surface area (Å²) in [6, 6.07) is 30.0. The van der Waals surface area contributed by atoms with Crippen LogP contribution in [0, 0.1) is 10.1 Å². The number of hydrogen-bond donors (Lipinski definition) is 0. The first kappa shape index (κ1) is 25.1. The van der Waals surface area contributed by atoms with Crippen molar-refractivity contribution in [1.29, 1.82) is 0 Å². The van der Waals surface area contributed by atoms with Gasteiger partial charge in [-0.1, -0.05) is 100 Å². The second kappa shape index (κ2) is 11.6. The number of para-hydroxylation sites is 1. The van der Waals surface area contributed by atoms with Gasteiger partial charge in [-0.15, -0.1) is 0 Å². The molecule has 0 saturated carbocycles. The fraction of sp³-hybridized carbons (Fsp3) is 0. The van der Waals surface area contributed by atoms with E-state index < -0.39 is 16.7 Å². The number of ketones is 1. The molecule has 0 aliphatic carbocycles. The molecule has 4 rings (SSSR count). The van der Waals surface area contributed by atoms with E-state index in [0.29, 0.717) is 11.1 Å². The van der Waals surface area contributed by atoms with E-state index in [4.69, 9.17) is 4.74 Å². The van der Waals surface area contributed by atoms with E-state index in [1.807, 2.05) is 0 Å². The van der Waals surface area contributed by atoms with Crippen molar-refractivity contribution in [2.45, 2.75) is 4.90 Å². The van der Waals surface area contributed by atoms with Crippen LogP contribution in [0.3, 0.4) is 0 Å². The molecule has 0 fully saturated rings. The van der Waals surface area contributed by atoms with Crippen LogP contribution in [0.15, 0.2) is 123 Å². The number of nitro benzene ring substituents is 1. The van der Waals surface area contributed by atoms with Crippen LogP contribution in [0.4, 0.5) is 5.69 Å². The first-order valence-corrected chi connectivity index (χ1v) is 12.3. The lowest BCUT2D eigenvalue weighted by molar-refractivity contribution is -0.387. The lowest BCUT2D eigenvalue weighted by Gasteiger charge is -2.15. The number of nitrogens with zero attached hydrogens (tertiary/aromatic N) is 1. The molecular formula is C28H18BrNO5S. The molecule has 6 nitrogen and oxygen atoms in total. The quantitative estimate of drug-likeness (QED) is 0.0421. The van der Waals surface area contributed by atoms with Crippen LogP contribution in [0.2, 0.25) is 0 Å². The molecule has 178 valence electrons. The van der Waals surface area contributed by atoms with E-state index in [0.717, 1.165) is 16.2 Å². The Labute approximate surface area is 219 Å². The summed E-state index contributed by atoms with van der Waals surface area (Å²) in [5.41, 5.74) is 0.960. The Morgan fingerprint density at radius 2 is 1.28 bits per heavy atom. The maximum atomic E-state index is 13.8. The van der Waals surface area contributed by atoms with Crippen molar-refractivity contribution in [2.24, 2.45) is 0 Å². The first-order valence-electron chi connectivity index (χ1n) is 10.7.